The van der Waals surface area contributed by atoms with Gasteiger partial charge in [0.2, 0.25) is 0 Å². The lowest BCUT2D eigenvalue weighted by Gasteiger charge is -2.15. The maximum Gasteiger partial charge on any atom is 0.191 e. The van der Waals surface area contributed by atoms with Crippen LogP contribution < -0.4 is 10.6 Å². The molecule has 2 rings (SSSR count). The van der Waals surface area contributed by atoms with Gasteiger partial charge in [-0.25, -0.2) is 0 Å². The molecule has 2 atom stereocenters. The summed E-state index contributed by atoms with van der Waals surface area (Å²) in [7, 11) is 0. The monoisotopic (exact) mass is 471 g/mol. The van der Waals surface area contributed by atoms with Gasteiger partial charge >= 0.3 is 0 Å². The van der Waals surface area contributed by atoms with Crippen LogP contribution in [0, 0.1) is 5.92 Å². The summed E-state index contributed by atoms with van der Waals surface area (Å²) in [6, 6.07) is 11.7. The predicted molar refractivity (Wildman–Crippen MR) is 117 cm³/mol. The summed E-state index contributed by atoms with van der Waals surface area (Å²) in [5.74, 6) is 1.18. The van der Waals surface area contributed by atoms with Crippen LogP contribution in [0.2, 0.25) is 0 Å². The normalized spacial score (nSPS) is 13.6. The molecular weight excluding hydrogens is 441 g/mol. The molecule has 7 heteroatoms. The second kappa shape index (κ2) is 12.7. The number of aliphatic hydroxyl groups excluding tert-OH is 1. The fourth-order valence-electron chi connectivity index (χ4n) is 2.54. The van der Waals surface area contributed by atoms with E-state index >= 15 is 0 Å². The first kappa shape index (κ1) is 22.4. The quantitative estimate of drug-likeness (QED) is 0.299. The van der Waals surface area contributed by atoms with E-state index in [4.69, 9.17) is 0 Å². The molecule has 0 amide bonds. The van der Waals surface area contributed by atoms with Crippen LogP contribution in [0.3, 0.4) is 0 Å². The van der Waals surface area contributed by atoms with E-state index in [0.29, 0.717) is 18.9 Å². The second-order valence-electron chi connectivity index (χ2n) is 6.19. The molecule has 3 N–H and O–H groups in total. The highest BCUT2D eigenvalue weighted by Gasteiger charge is 2.08. The third-order valence-corrected chi connectivity index (χ3v) is 3.86. The van der Waals surface area contributed by atoms with Gasteiger partial charge in [0, 0.05) is 38.6 Å². The molecule has 1 aromatic carbocycles. The van der Waals surface area contributed by atoms with E-state index in [-0.39, 0.29) is 24.0 Å². The molecule has 2 aromatic rings. The van der Waals surface area contributed by atoms with Gasteiger partial charge in [0.1, 0.15) is 0 Å². The lowest BCUT2D eigenvalue weighted by atomic mass is 10.1. The molecule has 26 heavy (non-hydrogen) atoms. The third-order valence-electron chi connectivity index (χ3n) is 3.86. The first-order valence-corrected chi connectivity index (χ1v) is 8.91. The Morgan fingerprint density at radius 2 is 2.00 bits per heavy atom. The van der Waals surface area contributed by atoms with E-state index in [1.807, 2.05) is 54.2 Å². The predicted octanol–water partition coefficient (Wildman–Crippen LogP) is 2.82. The third kappa shape index (κ3) is 8.18. The molecule has 0 aliphatic carbocycles. The van der Waals surface area contributed by atoms with Gasteiger partial charge < -0.3 is 15.7 Å². The van der Waals surface area contributed by atoms with E-state index in [0.717, 1.165) is 31.2 Å². The molecule has 0 saturated heterocycles. The number of hydrogen-bond acceptors (Lipinski definition) is 3. The zero-order valence-electron chi connectivity index (χ0n) is 15.5. The number of benzene rings is 1. The van der Waals surface area contributed by atoms with Crippen LogP contribution >= 0.6 is 24.0 Å². The zero-order chi connectivity index (χ0) is 17.9. The zero-order valence-corrected chi connectivity index (χ0v) is 17.8. The van der Waals surface area contributed by atoms with Crippen molar-refractivity contribution in [1.29, 1.82) is 0 Å². The van der Waals surface area contributed by atoms with Crippen molar-refractivity contribution in [3.05, 3.63) is 54.4 Å². The Morgan fingerprint density at radius 1 is 1.23 bits per heavy atom. The van der Waals surface area contributed by atoms with Crippen LogP contribution in [0.25, 0.3) is 0 Å². The second-order valence-corrected chi connectivity index (χ2v) is 6.19. The summed E-state index contributed by atoms with van der Waals surface area (Å²) >= 11 is 0. The number of hydrogen-bond donors (Lipinski definition) is 3. The Balaban J connectivity index is 0.00000338. The minimum Gasteiger partial charge on any atom is -0.388 e. The van der Waals surface area contributed by atoms with Crippen LogP contribution in [0.1, 0.15) is 31.9 Å². The highest BCUT2D eigenvalue weighted by Crippen LogP contribution is 2.14. The van der Waals surface area contributed by atoms with Gasteiger partial charge in [0.25, 0.3) is 0 Å². The minimum atomic E-state index is -0.463. The summed E-state index contributed by atoms with van der Waals surface area (Å²) in [6.07, 6.45) is 3.93. The van der Waals surface area contributed by atoms with Gasteiger partial charge in [-0.15, -0.1) is 24.0 Å². The number of aromatic nitrogens is 2. The fraction of sp³-hybridized carbons (Fsp3) is 0.474. The van der Waals surface area contributed by atoms with Crippen molar-refractivity contribution in [2.75, 3.05) is 19.6 Å². The molecule has 0 bridgehead atoms. The summed E-state index contributed by atoms with van der Waals surface area (Å²) < 4.78 is 1.93. The Labute approximate surface area is 173 Å². The molecule has 1 heterocycles. The minimum absolute atomic E-state index is 0. The highest BCUT2D eigenvalue weighted by molar-refractivity contribution is 14.0. The van der Waals surface area contributed by atoms with Crippen molar-refractivity contribution in [1.82, 2.24) is 20.4 Å². The number of guanidine groups is 1. The van der Waals surface area contributed by atoms with Crippen molar-refractivity contribution >= 4 is 29.9 Å². The lowest BCUT2D eigenvalue weighted by molar-refractivity contribution is 0.168. The number of nitrogens with one attached hydrogen (secondary N) is 2. The fourth-order valence-corrected chi connectivity index (χ4v) is 2.54. The molecule has 0 saturated carbocycles. The van der Waals surface area contributed by atoms with Gasteiger partial charge in [-0.1, -0.05) is 37.3 Å². The number of rotatable bonds is 9. The van der Waals surface area contributed by atoms with Gasteiger partial charge in [-0.2, -0.15) is 5.10 Å². The standard InChI is InChI=1S/C19H29N5O.HI/c1-3-20-19(22-14-16(2)15-24-13-7-11-23-24)21-12-10-18(25)17-8-5-4-6-9-17;/h4-9,11,13,16,18,25H,3,10,12,14-15H2,1-2H3,(H2,20,21,22);1H. The van der Waals surface area contributed by atoms with E-state index < -0.39 is 6.10 Å². The summed E-state index contributed by atoms with van der Waals surface area (Å²) in [6.45, 7) is 7.24. The van der Waals surface area contributed by atoms with Gasteiger partial charge in [-0.05, 0) is 30.9 Å². The maximum atomic E-state index is 10.2. The Morgan fingerprint density at radius 3 is 2.65 bits per heavy atom. The number of halogens is 1. The van der Waals surface area contributed by atoms with E-state index in [9.17, 15) is 5.11 Å². The summed E-state index contributed by atoms with van der Waals surface area (Å²) in [5, 5.41) is 21.0. The lowest BCUT2D eigenvalue weighted by Crippen LogP contribution is -2.38. The smallest absolute Gasteiger partial charge is 0.191 e. The molecule has 144 valence electrons. The Kier molecular flexibility index (Phi) is 11.0. The maximum absolute atomic E-state index is 10.2. The SMILES string of the molecule is CCNC(=NCC(C)Cn1cccn1)NCCC(O)c1ccccc1.I. The van der Waals surface area contributed by atoms with Crippen LogP contribution in [0.15, 0.2) is 53.8 Å². The molecular formula is C19H30IN5O. The average Bonchev–Trinajstić information content (AvgIpc) is 3.13. The van der Waals surface area contributed by atoms with Crippen molar-refractivity contribution in [3.63, 3.8) is 0 Å². The molecule has 2 unspecified atom stereocenters. The van der Waals surface area contributed by atoms with Crippen LogP contribution in [-0.2, 0) is 6.54 Å². The van der Waals surface area contributed by atoms with Crippen LogP contribution in [0.4, 0.5) is 0 Å². The Bertz CT molecular complexity index is 618. The highest BCUT2D eigenvalue weighted by atomic mass is 127. The summed E-state index contributed by atoms with van der Waals surface area (Å²) in [5.41, 5.74) is 0.944. The Hall–Kier alpha value is -1.61. The van der Waals surface area contributed by atoms with Gasteiger partial charge in [0.15, 0.2) is 5.96 Å². The van der Waals surface area contributed by atoms with Crippen molar-refractivity contribution in [2.24, 2.45) is 10.9 Å². The number of aliphatic hydroxyl groups is 1. The van der Waals surface area contributed by atoms with Gasteiger partial charge in [-0.3, -0.25) is 9.67 Å². The average molecular weight is 471 g/mol. The van der Waals surface area contributed by atoms with Crippen LogP contribution in [0.5, 0.6) is 0 Å². The topological polar surface area (TPSA) is 74.5 Å². The van der Waals surface area contributed by atoms with Gasteiger partial charge in [0.05, 0.1) is 6.10 Å². The molecule has 0 radical (unpaired) electrons. The first-order valence-electron chi connectivity index (χ1n) is 8.91. The number of aliphatic imine (C=N–C) groups is 1. The van der Waals surface area contributed by atoms with E-state index in [1.54, 1.807) is 6.20 Å². The van der Waals surface area contributed by atoms with E-state index in [2.05, 4.69) is 27.6 Å². The summed E-state index contributed by atoms with van der Waals surface area (Å²) in [4.78, 5) is 4.64. The van der Waals surface area contributed by atoms with Crippen molar-refractivity contribution < 1.29 is 5.11 Å². The van der Waals surface area contributed by atoms with Crippen molar-refractivity contribution in [3.8, 4) is 0 Å². The molecule has 0 aliphatic heterocycles. The van der Waals surface area contributed by atoms with Crippen molar-refractivity contribution in [2.45, 2.75) is 32.9 Å². The molecule has 0 fully saturated rings. The number of nitrogens with zero attached hydrogens (tertiary/aromatic N) is 3. The first-order chi connectivity index (χ1) is 12.2. The molecule has 0 aliphatic rings. The largest absolute Gasteiger partial charge is 0.388 e. The molecule has 6 nitrogen and oxygen atoms in total. The molecule has 1 aromatic heterocycles. The van der Waals surface area contributed by atoms with E-state index in [1.165, 1.54) is 0 Å². The van der Waals surface area contributed by atoms with Crippen LogP contribution in [-0.4, -0.2) is 40.5 Å². The molecule has 0 spiro atoms.